The van der Waals surface area contributed by atoms with E-state index in [1.807, 2.05) is 0 Å². The van der Waals surface area contributed by atoms with Crippen molar-refractivity contribution in [3.8, 4) is 0 Å². The molecular formula is C17H29N. The SMILES string of the molecule is CC(C)=CCNC(C)C12CC3CC(CC(C3)C1)C2. The largest absolute Gasteiger partial charge is 0.310 e. The molecule has 0 amide bonds. The molecule has 0 aromatic rings. The maximum atomic E-state index is 3.79. The Hall–Kier alpha value is -0.300. The Bertz CT molecular complexity index is 302. The number of hydrogen-bond donors (Lipinski definition) is 1. The summed E-state index contributed by atoms with van der Waals surface area (Å²) in [4.78, 5) is 0. The van der Waals surface area contributed by atoms with E-state index >= 15 is 0 Å². The van der Waals surface area contributed by atoms with Crippen LogP contribution in [0, 0.1) is 23.2 Å². The molecule has 1 atom stereocenters. The Morgan fingerprint density at radius 3 is 2.06 bits per heavy atom. The van der Waals surface area contributed by atoms with Gasteiger partial charge in [-0.15, -0.1) is 0 Å². The highest BCUT2D eigenvalue weighted by atomic mass is 14.9. The molecule has 1 unspecified atom stereocenters. The van der Waals surface area contributed by atoms with Crippen LogP contribution in [0.4, 0.5) is 0 Å². The first kappa shape index (κ1) is 12.7. The van der Waals surface area contributed by atoms with Crippen LogP contribution in [-0.2, 0) is 0 Å². The van der Waals surface area contributed by atoms with Gasteiger partial charge in [-0.25, -0.2) is 0 Å². The molecule has 0 radical (unpaired) electrons. The monoisotopic (exact) mass is 247 g/mol. The standard InChI is InChI=1S/C17H29N/c1-12(2)4-5-18-13(3)17-9-14-6-15(10-17)8-16(7-14)11-17/h4,13-16,18H,5-11H2,1-3H3. The molecule has 4 bridgehead atoms. The minimum atomic E-state index is 0.657. The zero-order valence-electron chi connectivity index (χ0n) is 12.3. The average molecular weight is 247 g/mol. The van der Waals surface area contributed by atoms with Gasteiger partial charge in [0.2, 0.25) is 0 Å². The topological polar surface area (TPSA) is 12.0 Å². The van der Waals surface area contributed by atoms with Crippen molar-refractivity contribution in [1.82, 2.24) is 5.32 Å². The lowest BCUT2D eigenvalue weighted by Crippen LogP contribution is -2.54. The molecule has 4 rings (SSSR count). The quantitative estimate of drug-likeness (QED) is 0.736. The first-order valence-electron chi connectivity index (χ1n) is 7.94. The van der Waals surface area contributed by atoms with Crippen LogP contribution in [0.15, 0.2) is 11.6 Å². The summed E-state index contributed by atoms with van der Waals surface area (Å²) in [6.07, 6.45) is 11.5. The van der Waals surface area contributed by atoms with Gasteiger partial charge in [0.25, 0.3) is 0 Å². The molecule has 4 aliphatic rings. The van der Waals surface area contributed by atoms with Crippen molar-refractivity contribution >= 4 is 0 Å². The van der Waals surface area contributed by atoms with Crippen LogP contribution < -0.4 is 5.32 Å². The second kappa shape index (κ2) is 4.67. The van der Waals surface area contributed by atoms with Gasteiger partial charge in [-0.3, -0.25) is 0 Å². The zero-order valence-corrected chi connectivity index (χ0v) is 12.3. The molecule has 0 spiro atoms. The van der Waals surface area contributed by atoms with Crippen molar-refractivity contribution in [1.29, 1.82) is 0 Å². The summed E-state index contributed by atoms with van der Waals surface area (Å²) >= 11 is 0. The van der Waals surface area contributed by atoms with Gasteiger partial charge >= 0.3 is 0 Å². The molecule has 0 aromatic carbocycles. The van der Waals surface area contributed by atoms with Crippen LogP contribution in [0.5, 0.6) is 0 Å². The summed E-state index contributed by atoms with van der Waals surface area (Å²) in [6.45, 7) is 7.89. The lowest BCUT2D eigenvalue weighted by atomic mass is 9.48. The van der Waals surface area contributed by atoms with Gasteiger partial charge in [0.05, 0.1) is 0 Å². The minimum absolute atomic E-state index is 0.657. The van der Waals surface area contributed by atoms with Crippen molar-refractivity contribution in [3.05, 3.63) is 11.6 Å². The molecule has 4 aliphatic carbocycles. The molecule has 0 saturated heterocycles. The fourth-order valence-corrected chi connectivity index (χ4v) is 5.36. The van der Waals surface area contributed by atoms with Crippen molar-refractivity contribution in [3.63, 3.8) is 0 Å². The van der Waals surface area contributed by atoms with E-state index in [0.717, 1.165) is 24.3 Å². The highest BCUT2D eigenvalue weighted by Gasteiger charge is 2.52. The second-order valence-corrected chi connectivity index (χ2v) is 7.69. The Labute approximate surface area is 112 Å². The van der Waals surface area contributed by atoms with Gasteiger partial charge in [0.1, 0.15) is 0 Å². The van der Waals surface area contributed by atoms with Crippen LogP contribution in [0.25, 0.3) is 0 Å². The Kier molecular flexibility index (Phi) is 3.30. The maximum absolute atomic E-state index is 3.79. The van der Waals surface area contributed by atoms with Crippen molar-refractivity contribution < 1.29 is 0 Å². The Balaban J connectivity index is 1.65. The van der Waals surface area contributed by atoms with Crippen LogP contribution in [0.3, 0.4) is 0 Å². The molecule has 0 heterocycles. The fourth-order valence-electron chi connectivity index (χ4n) is 5.36. The van der Waals surface area contributed by atoms with E-state index < -0.39 is 0 Å². The smallest absolute Gasteiger partial charge is 0.0140 e. The fraction of sp³-hybridized carbons (Fsp3) is 0.882. The summed E-state index contributed by atoms with van der Waals surface area (Å²) < 4.78 is 0. The lowest BCUT2D eigenvalue weighted by Gasteiger charge is -2.59. The highest BCUT2D eigenvalue weighted by molar-refractivity contribution is 5.06. The Morgan fingerprint density at radius 1 is 1.11 bits per heavy atom. The Morgan fingerprint density at radius 2 is 1.61 bits per heavy atom. The van der Waals surface area contributed by atoms with Gasteiger partial charge in [-0.2, -0.15) is 0 Å². The predicted octanol–water partition coefficient (Wildman–Crippen LogP) is 4.15. The lowest BCUT2D eigenvalue weighted by molar-refractivity contribution is -0.0698. The van der Waals surface area contributed by atoms with E-state index in [0.29, 0.717) is 11.5 Å². The molecule has 1 nitrogen and oxygen atoms in total. The summed E-state index contributed by atoms with van der Waals surface area (Å²) in [5, 5.41) is 3.79. The van der Waals surface area contributed by atoms with E-state index in [1.165, 1.54) is 24.8 Å². The van der Waals surface area contributed by atoms with E-state index in [2.05, 4.69) is 32.2 Å². The summed E-state index contributed by atoms with van der Waals surface area (Å²) in [6, 6.07) is 0.710. The van der Waals surface area contributed by atoms with Crippen LogP contribution >= 0.6 is 0 Å². The van der Waals surface area contributed by atoms with E-state index in [9.17, 15) is 0 Å². The molecule has 18 heavy (non-hydrogen) atoms. The normalized spacial score (nSPS) is 42.9. The number of allylic oxidation sites excluding steroid dienone is 1. The third-order valence-electron chi connectivity index (χ3n) is 5.94. The van der Waals surface area contributed by atoms with E-state index in [4.69, 9.17) is 0 Å². The summed E-state index contributed by atoms with van der Waals surface area (Å²) in [7, 11) is 0. The molecular weight excluding hydrogens is 218 g/mol. The predicted molar refractivity (Wildman–Crippen MR) is 77.5 cm³/mol. The van der Waals surface area contributed by atoms with Gasteiger partial charge in [0.15, 0.2) is 0 Å². The molecule has 1 N–H and O–H groups in total. The zero-order chi connectivity index (χ0) is 12.8. The molecule has 1 heteroatoms. The van der Waals surface area contributed by atoms with Crippen LogP contribution in [0.2, 0.25) is 0 Å². The van der Waals surface area contributed by atoms with E-state index in [-0.39, 0.29) is 0 Å². The van der Waals surface area contributed by atoms with Crippen molar-refractivity contribution in [2.24, 2.45) is 23.2 Å². The number of hydrogen-bond acceptors (Lipinski definition) is 1. The van der Waals surface area contributed by atoms with Crippen molar-refractivity contribution in [2.75, 3.05) is 6.54 Å². The van der Waals surface area contributed by atoms with Gasteiger partial charge in [-0.1, -0.05) is 11.6 Å². The van der Waals surface area contributed by atoms with Crippen molar-refractivity contribution in [2.45, 2.75) is 65.3 Å². The molecule has 0 aromatic heterocycles. The average Bonchev–Trinajstić information content (AvgIpc) is 2.26. The number of nitrogens with one attached hydrogen (secondary N) is 1. The van der Waals surface area contributed by atoms with Crippen LogP contribution in [-0.4, -0.2) is 12.6 Å². The van der Waals surface area contributed by atoms with Gasteiger partial charge in [0, 0.05) is 12.6 Å². The number of rotatable bonds is 4. The third kappa shape index (κ3) is 2.27. The van der Waals surface area contributed by atoms with E-state index in [1.54, 1.807) is 19.3 Å². The molecule has 4 saturated carbocycles. The summed E-state index contributed by atoms with van der Waals surface area (Å²) in [5.41, 5.74) is 2.09. The minimum Gasteiger partial charge on any atom is -0.310 e. The third-order valence-corrected chi connectivity index (χ3v) is 5.94. The van der Waals surface area contributed by atoms with Gasteiger partial charge < -0.3 is 5.32 Å². The maximum Gasteiger partial charge on any atom is 0.0140 e. The first-order chi connectivity index (χ1) is 8.57. The van der Waals surface area contributed by atoms with Gasteiger partial charge in [-0.05, 0) is 82.5 Å². The molecule has 0 aliphatic heterocycles. The first-order valence-corrected chi connectivity index (χ1v) is 7.94. The highest BCUT2D eigenvalue weighted by Crippen LogP contribution is 2.61. The molecule has 102 valence electrons. The second-order valence-electron chi connectivity index (χ2n) is 7.69. The molecule has 4 fully saturated rings. The van der Waals surface area contributed by atoms with Crippen LogP contribution in [0.1, 0.15) is 59.3 Å². The summed E-state index contributed by atoms with van der Waals surface area (Å²) in [5.74, 6) is 3.22.